The zero-order chi connectivity index (χ0) is 17.5. The minimum Gasteiger partial charge on any atom is -0.497 e. The number of nitrogens with zero attached hydrogens (tertiary/aromatic N) is 1. The van der Waals surface area contributed by atoms with Crippen molar-refractivity contribution in [2.75, 3.05) is 27.7 Å². The lowest BCUT2D eigenvalue weighted by atomic mass is 10.0. The molecular formula is C20H22FNO2. The molecule has 0 spiro atoms. The molecule has 0 aliphatic carbocycles. The monoisotopic (exact) mass is 327 g/mol. The maximum atomic E-state index is 14.0. The predicted molar refractivity (Wildman–Crippen MR) is 95.0 cm³/mol. The number of carbonyl (C=O) groups is 1. The highest BCUT2D eigenvalue weighted by Crippen LogP contribution is 2.18. The van der Waals surface area contributed by atoms with Gasteiger partial charge in [0.25, 0.3) is 0 Å². The third-order valence-corrected chi connectivity index (χ3v) is 3.74. The highest BCUT2D eigenvalue weighted by Gasteiger charge is 2.10. The van der Waals surface area contributed by atoms with E-state index in [4.69, 9.17) is 4.74 Å². The molecule has 0 amide bonds. The molecule has 24 heavy (non-hydrogen) atoms. The Labute approximate surface area is 142 Å². The molecule has 2 rings (SSSR count). The normalized spacial score (nSPS) is 11.2. The number of hydrogen-bond donors (Lipinski definition) is 0. The van der Waals surface area contributed by atoms with Crippen LogP contribution in [0.3, 0.4) is 0 Å². The molecule has 0 bridgehead atoms. The molecule has 0 heterocycles. The fourth-order valence-corrected chi connectivity index (χ4v) is 2.35. The van der Waals surface area contributed by atoms with Gasteiger partial charge in [0.2, 0.25) is 0 Å². The summed E-state index contributed by atoms with van der Waals surface area (Å²) >= 11 is 0. The molecule has 3 nitrogen and oxygen atoms in total. The van der Waals surface area contributed by atoms with Gasteiger partial charge in [-0.15, -0.1) is 0 Å². The number of likely N-dealkylation sites (N-methyl/N-ethyl adjacent to an activating group) is 1. The van der Waals surface area contributed by atoms with Crippen molar-refractivity contribution in [1.29, 1.82) is 0 Å². The zero-order valence-corrected chi connectivity index (χ0v) is 14.3. The minimum absolute atomic E-state index is 0.0397. The number of rotatable bonds is 7. The summed E-state index contributed by atoms with van der Waals surface area (Å²) in [6.45, 7) is 0.923. The first-order valence-corrected chi connectivity index (χ1v) is 7.80. The number of hydrogen-bond acceptors (Lipinski definition) is 3. The van der Waals surface area contributed by atoms with Crippen LogP contribution in [0.1, 0.15) is 21.5 Å². The van der Waals surface area contributed by atoms with Crippen LogP contribution < -0.4 is 4.74 Å². The number of allylic oxidation sites excluding steroid dienone is 1. The fraction of sp³-hybridized carbons (Fsp3) is 0.250. The molecular weight excluding hydrogens is 305 g/mol. The van der Waals surface area contributed by atoms with Crippen molar-refractivity contribution in [2.45, 2.75) is 6.42 Å². The second kappa shape index (κ2) is 8.41. The van der Waals surface area contributed by atoms with E-state index in [9.17, 15) is 9.18 Å². The summed E-state index contributed by atoms with van der Waals surface area (Å²) in [6, 6.07) is 12.1. The number of ether oxygens (including phenoxy) is 1. The molecule has 2 aromatic carbocycles. The lowest BCUT2D eigenvalue weighted by Gasteiger charge is -2.11. The van der Waals surface area contributed by atoms with Crippen LogP contribution in [0.2, 0.25) is 0 Å². The maximum absolute atomic E-state index is 14.0. The van der Waals surface area contributed by atoms with Crippen LogP contribution in [0, 0.1) is 5.82 Å². The largest absolute Gasteiger partial charge is 0.497 e. The van der Waals surface area contributed by atoms with Gasteiger partial charge >= 0.3 is 0 Å². The second-order valence-electron chi connectivity index (χ2n) is 5.80. The predicted octanol–water partition coefficient (Wildman–Crippen LogP) is 3.83. The number of benzene rings is 2. The van der Waals surface area contributed by atoms with E-state index in [-0.39, 0.29) is 11.3 Å². The molecule has 126 valence electrons. The van der Waals surface area contributed by atoms with E-state index in [1.165, 1.54) is 25.3 Å². The molecule has 0 aliphatic heterocycles. The molecule has 0 unspecified atom stereocenters. The Hall–Kier alpha value is -2.46. The molecule has 0 radical (unpaired) electrons. The summed E-state index contributed by atoms with van der Waals surface area (Å²) in [5, 5.41) is 0. The van der Waals surface area contributed by atoms with Crippen LogP contribution >= 0.6 is 0 Å². The van der Waals surface area contributed by atoms with E-state index >= 15 is 0 Å². The van der Waals surface area contributed by atoms with E-state index in [1.807, 2.05) is 38.4 Å². The zero-order valence-electron chi connectivity index (χ0n) is 14.3. The Morgan fingerprint density at radius 1 is 1.21 bits per heavy atom. The van der Waals surface area contributed by atoms with Gasteiger partial charge in [-0.3, -0.25) is 4.79 Å². The van der Waals surface area contributed by atoms with Gasteiger partial charge in [0.15, 0.2) is 5.78 Å². The van der Waals surface area contributed by atoms with E-state index in [0.717, 1.165) is 24.1 Å². The summed E-state index contributed by atoms with van der Waals surface area (Å²) in [5.41, 5.74) is 2.17. The Morgan fingerprint density at radius 3 is 2.62 bits per heavy atom. The smallest absolute Gasteiger partial charge is 0.188 e. The van der Waals surface area contributed by atoms with Crippen LogP contribution in [0.15, 0.2) is 48.5 Å². The maximum Gasteiger partial charge on any atom is 0.188 e. The average Bonchev–Trinajstić information content (AvgIpc) is 2.58. The van der Waals surface area contributed by atoms with Crippen LogP contribution in [-0.2, 0) is 6.42 Å². The first kappa shape index (κ1) is 17.9. The Bertz CT molecular complexity index is 738. The highest BCUT2D eigenvalue weighted by molar-refractivity contribution is 6.07. The summed E-state index contributed by atoms with van der Waals surface area (Å²) < 4.78 is 18.9. The topological polar surface area (TPSA) is 29.5 Å². The van der Waals surface area contributed by atoms with Crippen molar-refractivity contribution in [3.8, 4) is 5.75 Å². The lowest BCUT2D eigenvalue weighted by molar-refractivity contribution is 0.104. The average molecular weight is 327 g/mol. The first-order chi connectivity index (χ1) is 11.5. The molecule has 0 aromatic heterocycles. The molecule has 2 aromatic rings. The second-order valence-corrected chi connectivity index (χ2v) is 5.80. The van der Waals surface area contributed by atoms with Crippen molar-refractivity contribution < 1.29 is 13.9 Å². The molecule has 0 atom stereocenters. The van der Waals surface area contributed by atoms with E-state index in [1.54, 1.807) is 12.1 Å². The highest BCUT2D eigenvalue weighted by atomic mass is 19.1. The van der Waals surface area contributed by atoms with Gasteiger partial charge in [-0.25, -0.2) is 4.39 Å². The van der Waals surface area contributed by atoms with E-state index < -0.39 is 5.82 Å². The summed E-state index contributed by atoms with van der Waals surface area (Å²) in [4.78, 5) is 14.3. The molecule has 0 aliphatic rings. The van der Waals surface area contributed by atoms with Crippen molar-refractivity contribution in [2.24, 2.45) is 0 Å². The van der Waals surface area contributed by atoms with E-state index in [0.29, 0.717) is 5.75 Å². The van der Waals surface area contributed by atoms with E-state index in [2.05, 4.69) is 4.90 Å². The van der Waals surface area contributed by atoms with Gasteiger partial charge in [0.1, 0.15) is 11.6 Å². The van der Waals surface area contributed by atoms with Gasteiger partial charge in [-0.1, -0.05) is 30.3 Å². The molecule has 0 fully saturated rings. The minimum atomic E-state index is -0.579. The summed E-state index contributed by atoms with van der Waals surface area (Å²) in [7, 11) is 5.50. The van der Waals surface area contributed by atoms with Crippen molar-refractivity contribution >= 4 is 11.9 Å². The van der Waals surface area contributed by atoms with Crippen LogP contribution in [-0.4, -0.2) is 38.4 Å². The number of methoxy groups -OCH3 is 1. The van der Waals surface area contributed by atoms with Crippen LogP contribution in [0.25, 0.3) is 6.08 Å². The van der Waals surface area contributed by atoms with Crippen LogP contribution in [0.4, 0.5) is 4.39 Å². The van der Waals surface area contributed by atoms with Crippen molar-refractivity contribution in [1.82, 2.24) is 4.90 Å². The number of halogens is 1. The van der Waals surface area contributed by atoms with Gasteiger partial charge in [0, 0.05) is 12.6 Å². The van der Waals surface area contributed by atoms with Gasteiger partial charge in [-0.05, 0) is 49.9 Å². The molecule has 4 heteroatoms. The summed E-state index contributed by atoms with van der Waals surface area (Å²) in [6.07, 6.45) is 4.05. The van der Waals surface area contributed by atoms with Gasteiger partial charge in [0.05, 0.1) is 12.7 Å². The third kappa shape index (κ3) is 4.77. The van der Waals surface area contributed by atoms with Gasteiger partial charge < -0.3 is 9.64 Å². The summed E-state index contributed by atoms with van der Waals surface area (Å²) in [5.74, 6) is -0.551. The molecule has 0 N–H and O–H groups in total. The van der Waals surface area contributed by atoms with Crippen LogP contribution in [0.5, 0.6) is 5.75 Å². The Kier molecular flexibility index (Phi) is 6.27. The third-order valence-electron chi connectivity index (χ3n) is 3.74. The first-order valence-electron chi connectivity index (χ1n) is 7.80. The number of ketones is 1. The fourth-order valence-electron chi connectivity index (χ4n) is 2.35. The number of carbonyl (C=O) groups excluding carboxylic acids is 1. The molecule has 0 saturated heterocycles. The Balaban J connectivity index is 2.17. The lowest BCUT2D eigenvalue weighted by Crippen LogP contribution is -2.15. The Morgan fingerprint density at radius 2 is 1.96 bits per heavy atom. The van der Waals surface area contributed by atoms with Gasteiger partial charge in [-0.2, -0.15) is 0 Å². The standard InChI is InChI=1S/C20H22FNO2/c1-22(2)13-12-16-7-5-4-6-15(16)8-11-20(23)18-10-9-17(24-3)14-19(18)21/h4-11,14H,12-13H2,1-3H3. The molecule has 0 saturated carbocycles. The van der Waals surface area contributed by atoms with Crippen molar-refractivity contribution in [3.05, 3.63) is 71.0 Å². The van der Waals surface area contributed by atoms with Crippen molar-refractivity contribution in [3.63, 3.8) is 0 Å². The SMILES string of the molecule is COc1ccc(C(=O)C=Cc2ccccc2CCN(C)C)c(F)c1. The quantitative estimate of drug-likeness (QED) is 0.572.